The molecule has 0 bridgehead atoms. The van der Waals surface area contributed by atoms with Gasteiger partial charge in [-0.1, -0.05) is 0 Å². The van der Waals surface area contributed by atoms with E-state index in [-0.39, 0.29) is 0 Å². The third-order valence-corrected chi connectivity index (χ3v) is 0.845. The molecule has 1 rings (SSSR count). The predicted molar refractivity (Wildman–Crippen MR) is 28.4 cm³/mol. The molecule has 0 amide bonds. The molecule has 0 saturated carbocycles. The van der Waals surface area contributed by atoms with E-state index in [2.05, 4.69) is 4.74 Å². The Bertz CT molecular complexity index is 179. The number of aliphatic hydroxyl groups is 3. The smallest absolute Gasteiger partial charge is 0.203 e. The molecule has 0 fully saturated rings. The van der Waals surface area contributed by atoms with Crippen molar-refractivity contribution in [3.05, 3.63) is 30.1 Å². The van der Waals surface area contributed by atoms with E-state index in [4.69, 9.17) is 15.3 Å². The third-order valence-electron chi connectivity index (χ3n) is 0.845. The minimum absolute atomic E-state index is 0.477. The normalized spacial score (nSPS) is 18.9. The molecule has 1 aliphatic heterocycles. The van der Waals surface area contributed by atoms with Gasteiger partial charge in [0.25, 0.3) is 0 Å². The van der Waals surface area contributed by atoms with Crippen LogP contribution in [0.3, 0.4) is 0 Å². The first kappa shape index (κ1) is 5.81. The lowest BCUT2D eigenvalue weighted by Gasteiger charge is -2.07. The molecule has 0 atom stereocenters. The van der Waals surface area contributed by atoms with Crippen molar-refractivity contribution in [3.8, 4) is 0 Å². The number of rotatable bonds is 0. The maximum atomic E-state index is 8.65. The van der Waals surface area contributed by atoms with Crippen molar-refractivity contribution in [2.24, 2.45) is 0 Å². The summed E-state index contributed by atoms with van der Waals surface area (Å²) >= 11 is 0. The number of ether oxygens (including phenoxy) is 1. The molecular weight excluding hydrogens is 124 g/mol. The number of aliphatic hydroxyl groups excluding tert-OH is 3. The summed E-state index contributed by atoms with van der Waals surface area (Å²) in [7, 11) is 0. The topological polar surface area (TPSA) is 69.9 Å². The van der Waals surface area contributed by atoms with Crippen LogP contribution < -0.4 is 0 Å². The Hall–Kier alpha value is -1.32. The van der Waals surface area contributed by atoms with Crippen molar-refractivity contribution < 1.29 is 20.1 Å². The molecule has 0 aromatic rings. The predicted octanol–water partition coefficient (Wildman–Crippen LogP) is 0.905. The van der Waals surface area contributed by atoms with Gasteiger partial charge in [-0.2, -0.15) is 0 Å². The van der Waals surface area contributed by atoms with Crippen molar-refractivity contribution in [2.45, 2.75) is 0 Å². The van der Waals surface area contributed by atoms with Crippen LogP contribution in [-0.4, -0.2) is 15.3 Å². The van der Waals surface area contributed by atoms with Crippen molar-refractivity contribution >= 4 is 0 Å². The van der Waals surface area contributed by atoms with Crippen LogP contribution in [0.1, 0.15) is 0 Å². The van der Waals surface area contributed by atoms with Gasteiger partial charge in [0.15, 0.2) is 11.5 Å². The Morgan fingerprint density at radius 2 is 1.89 bits per heavy atom. The highest BCUT2D eigenvalue weighted by molar-refractivity contribution is 5.24. The molecule has 0 aliphatic carbocycles. The van der Waals surface area contributed by atoms with Crippen molar-refractivity contribution in [1.29, 1.82) is 0 Å². The molecule has 9 heavy (non-hydrogen) atoms. The highest BCUT2D eigenvalue weighted by Crippen LogP contribution is 2.15. The van der Waals surface area contributed by atoms with Crippen molar-refractivity contribution in [3.63, 3.8) is 0 Å². The zero-order valence-corrected chi connectivity index (χ0v) is 4.40. The third kappa shape index (κ3) is 0.910. The zero-order valence-electron chi connectivity index (χ0n) is 4.40. The van der Waals surface area contributed by atoms with E-state index in [9.17, 15) is 0 Å². The Kier molecular flexibility index (Phi) is 1.22. The Labute approximate surface area is 51.3 Å². The Balaban J connectivity index is 2.88. The lowest BCUT2D eigenvalue weighted by Crippen LogP contribution is -2.01. The monoisotopic (exact) mass is 129 g/mol. The fourth-order valence-electron chi connectivity index (χ4n) is 0.406. The second-order valence-electron chi connectivity index (χ2n) is 1.49. The lowest BCUT2D eigenvalue weighted by molar-refractivity contribution is 0.205. The molecule has 0 unspecified atom stereocenters. The minimum Gasteiger partial charge on any atom is -0.505 e. The van der Waals surface area contributed by atoms with E-state index in [1.807, 2.05) is 0 Å². The molecule has 1 radical (unpaired) electrons. The van der Waals surface area contributed by atoms with E-state index < -0.39 is 17.3 Å². The summed E-state index contributed by atoms with van der Waals surface area (Å²) in [6, 6.07) is 0. The quantitative estimate of drug-likeness (QED) is 0.454. The van der Waals surface area contributed by atoms with Gasteiger partial charge in [-0.15, -0.1) is 0 Å². The fourth-order valence-corrected chi connectivity index (χ4v) is 0.406. The summed E-state index contributed by atoms with van der Waals surface area (Å²) in [6.45, 7) is 0.912. The summed E-state index contributed by atoms with van der Waals surface area (Å²) in [5.74, 6) is -1.52. The highest BCUT2D eigenvalue weighted by Gasteiger charge is 2.14. The van der Waals surface area contributed by atoms with Crippen LogP contribution in [0, 0.1) is 6.61 Å². The fraction of sp³-hybridized carbons (Fsp3) is 0. The molecule has 0 spiro atoms. The van der Waals surface area contributed by atoms with Crippen LogP contribution in [0.25, 0.3) is 0 Å². The second-order valence-corrected chi connectivity index (χ2v) is 1.49. The van der Waals surface area contributed by atoms with Crippen LogP contribution in [0.5, 0.6) is 0 Å². The van der Waals surface area contributed by atoms with E-state index in [0.717, 1.165) is 12.9 Å². The summed E-state index contributed by atoms with van der Waals surface area (Å²) in [5, 5.41) is 25.8. The molecule has 1 aliphatic rings. The van der Waals surface area contributed by atoms with Crippen LogP contribution in [0.2, 0.25) is 0 Å². The summed E-state index contributed by atoms with van der Waals surface area (Å²) in [4.78, 5) is 0. The maximum Gasteiger partial charge on any atom is 0.203 e. The average Bonchev–Trinajstić information content (AvgIpc) is 1.83. The summed E-state index contributed by atoms with van der Waals surface area (Å²) < 4.78 is 4.36. The second kappa shape index (κ2) is 1.89. The number of hydrogen-bond acceptors (Lipinski definition) is 4. The van der Waals surface area contributed by atoms with Gasteiger partial charge in [-0.05, 0) is 0 Å². The van der Waals surface area contributed by atoms with E-state index >= 15 is 0 Å². The van der Waals surface area contributed by atoms with Crippen LogP contribution in [0.4, 0.5) is 0 Å². The molecule has 4 heteroatoms. The molecule has 4 nitrogen and oxygen atoms in total. The molecule has 0 aromatic carbocycles. The number of hydrogen-bond donors (Lipinski definition) is 3. The average molecular weight is 129 g/mol. The van der Waals surface area contributed by atoms with Crippen molar-refractivity contribution in [2.75, 3.05) is 0 Å². The first-order valence-electron chi connectivity index (χ1n) is 2.22. The van der Waals surface area contributed by atoms with Crippen molar-refractivity contribution in [1.82, 2.24) is 0 Å². The van der Waals surface area contributed by atoms with E-state index in [1.54, 1.807) is 0 Å². The van der Waals surface area contributed by atoms with Gasteiger partial charge in [0.2, 0.25) is 12.4 Å². The van der Waals surface area contributed by atoms with Gasteiger partial charge in [-0.3, -0.25) is 0 Å². The first-order chi connectivity index (χ1) is 4.22. The van der Waals surface area contributed by atoms with E-state index in [0.29, 0.717) is 0 Å². The van der Waals surface area contributed by atoms with Crippen LogP contribution >= 0.6 is 0 Å². The molecule has 0 aromatic heterocycles. The van der Waals surface area contributed by atoms with Gasteiger partial charge in [0.05, 0.1) is 0 Å². The van der Waals surface area contributed by atoms with Crippen LogP contribution in [-0.2, 0) is 4.74 Å². The van der Waals surface area contributed by atoms with Crippen LogP contribution in [0.15, 0.2) is 23.5 Å². The largest absolute Gasteiger partial charge is 0.505 e. The molecule has 3 N–H and O–H groups in total. The summed E-state index contributed by atoms with van der Waals surface area (Å²) in [6.07, 6.45) is 0.912. The van der Waals surface area contributed by atoms with E-state index in [1.165, 1.54) is 0 Å². The molecular formula is C5H5O4. The lowest BCUT2D eigenvalue weighted by atomic mass is 10.3. The Morgan fingerprint density at radius 1 is 1.22 bits per heavy atom. The molecule has 1 heterocycles. The standard InChI is InChI=1S/C5H5O4/c6-3-1-9-2-4(7)5(3)8/h1-2,6-8H. The van der Waals surface area contributed by atoms with Gasteiger partial charge < -0.3 is 20.1 Å². The zero-order chi connectivity index (χ0) is 6.85. The van der Waals surface area contributed by atoms with Gasteiger partial charge in [0.1, 0.15) is 6.26 Å². The highest BCUT2D eigenvalue weighted by atomic mass is 16.5. The minimum atomic E-state index is -0.568. The molecule has 0 saturated heterocycles. The van der Waals surface area contributed by atoms with Gasteiger partial charge >= 0.3 is 0 Å². The Morgan fingerprint density at radius 3 is 2.33 bits per heavy atom. The molecule has 49 valence electrons. The summed E-state index contributed by atoms with van der Waals surface area (Å²) in [5.41, 5.74) is 0. The maximum absolute atomic E-state index is 8.65. The van der Waals surface area contributed by atoms with Gasteiger partial charge in [0, 0.05) is 0 Å². The first-order valence-corrected chi connectivity index (χ1v) is 2.22. The van der Waals surface area contributed by atoms with Gasteiger partial charge in [-0.25, -0.2) is 0 Å². The SMILES string of the molecule is OC1=CO[CH]C(O)=C1O.